The van der Waals surface area contributed by atoms with E-state index in [0.717, 1.165) is 29.5 Å². The molecule has 0 radical (unpaired) electrons. The van der Waals surface area contributed by atoms with E-state index in [-0.39, 0.29) is 11.9 Å². The molecule has 5 rings (SSSR count). The van der Waals surface area contributed by atoms with Gasteiger partial charge in [0.15, 0.2) is 12.2 Å². The van der Waals surface area contributed by atoms with E-state index >= 15 is 0 Å². The van der Waals surface area contributed by atoms with E-state index in [1.54, 1.807) is 11.9 Å². The fourth-order valence-electron chi connectivity index (χ4n) is 4.66. The Hall–Kier alpha value is -3.55. The molecular weight excluding hydrogens is 406 g/mol. The van der Waals surface area contributed by atoms with Gasteiger partial charge >= 0.3 is 6.03 Å². The quantitative estimate of drug-likeness (QED) is 0.700. The van der Waals surface area contributed by atoms with E-state index in [9.17, 15) is 9.59 Å². The maximum absolute atomic E-state index is 13.4. The van der Waals surface area contributed by atoms with Crippen molar-refractivity contribution in [3.63, 3.8) is 0 Å². The first-order chi connectivity index (χ1) is 15.6. The predicted octanol–water partition coefficient (Wildman–Crippen LogP) is 2.41. The predicted molar refractivity (Wildman–Crippen MR) is 122 cm³/mol. The van der Waals surface area contributed by atoms with Crippen LogP contribution in [0.3, 0.4) is 0 Å². The van der Waals surface area contributed by atoms with Gasteiger partial charge in [-0.1, -0.05) is 30.3 Å². The van der Waals surface area contributed by atoms with Crippen molar-refractivity contribution in [3.8, 4) is 5.75 Å². The summed E-state index contributed by atoms with van der Waals surface area (Å²) in [6.45, 7) is 4.37. The number of imide groups is 1. The fourth-order valence-corrected chi connectivity index (χ4v) is 4.66. The third-order valence-corrected chi connectivity index (χ3v) is 6.30. The molecule has 3 heterocycles. The Kier molecular flexibility index (Phi) is 5.20. The van der Waals surface area contributed by atoms with Crippen molar-refractivity contribution in [1.29, 1.82) is 0 Å². The number of urea groups is 1. The molecule has 2 aromatic rings. The molecule has 0 N–H and O–H groups in total. The number of amides is 3. The zero-order valence-corrected chi connectivity index (χ0v) is 18.3. The van der Waals surface area contributed by atoms with Gasteiger partial charge in [0.05, 0.1) is 6.61 Å². The van der Waals surface area contributed by atoms with Crippen LogP contribution >= 0.6 is 0 Å². The summed E-state index contributed by atoms with van der Waals surface area (Å²) >= 11 is 0. The van der Waals surface area contributed by atoms with E-state index < -0.39 is 12.2 Å². The zero-order chi connectivity index (χ0) is 22.2. The Morgan fingerprint density at radius 1 is 1.03 bits per heavy atom. The molecule has 0 saturated carbocycles. The summed E-state index contributed by atoms with van der Waals surface area (Å²) in [5, 5.41) is 0. The summed E-state index contributed by atoms with van der Waals surface area (Å²) in [6.07, 6.45) is 0.138. The minimum absolute atomic E-state index is 0.165. The number of carbonyl (C=O) groups is 2. The second-order valence-electron chi connectivity index (χ2n) is 8.18. The lowest BCUT2D eigenvalue weighted by molar-refractivity contribution is -0.137. The molecule has 3 aliphatic rings. The van der Waals surface area contributed by atoms with E-state index in [1.165, 1.54) is 4.90 Å². The highest BCUT2D eigenvalue weighted by Crippen LogP contribution is 2.33. The number of aliphatic imine (C=N–C) groups is 1. The third-order valence-electron chi connectivity index (χ3n) is 6.30. The van der Waals surface area contributed by atoms with E-state index in [2.05, 4.69) is 4.90 Å². The van der Waals surface area contributed by atoms with Gasteiger partial charge in [0.25, 0.3) is 5.91 Å². The van der Waals surface area contributed by atoms with Crippen LogP contribution in [0.25, 0.3) is 0 Å². The fraction of sp³-hybridized carbons (Fsp3) is 0.375. The third kappa shape index (κ3) is 3.36. The number of guanidine groups is 1. The topological polar surface area (TPSA) is 68.7 Å². The molecule has 0 spiro atoms. The number of hydrogen-bond acceptors (Lipinski definition) is 6. The van der Waals surface area contributed by atoms with Crippen LogP contribution in [-0.4, -0.2) is 78.1 Å². The number of rotatable bonds is 6. The van der Waals surface area contributed by atoms with Crippen molar-refractivity contribution < 1.29 is 14.3 Å². The molecule has 2 fully saturated rings. The maximum atomic E-state index is 13.4. The highest BCUT2D eigenvalue weighted by molar-refractivity contribution is 6.08. The number of anilines is 1. The number of ether oxygens (including phenoxy) is 1. The van der Waals surface area contributed by atoms with Crippen molar-refractivity contribution in [2.24, 2.45) is 4.99 Å². The van der Waals surface area contributed by atoms with Crippen LogP contribution in [-0.2, 0) is 11.2 Å². The number of fused-ring (bicyclic) bond motifs is 3. The molecular formula is C24H27N5O3. The first-order valence-electron chi connectivity index (χ1n) is 11.1. The molecule has 2 saturated heterocycles. The van der Waals surface area contributed by atoms with E-state index in [0.29, 0.717) is 26.1 Å². The van der Waals surface area contributed by atoms with Gasteiger partial charge in [0.1, 0.15) is 5.75 Å². The van der Waals surface area contributed by atoms with Gasteiger partial charge in [-0.25, -0.2) is 9.79 Å². The van der Waals surface area contributed by atoms with Gasteiger partial charge in [0.2, 0.25) is 5.96 Å². The van der Waals surface area contributed by atoms with Crippen LogP contribution in [0, 0.1) is 0 Å². The molecule has 2 aromatic carbocycles. The number of nitrogens with zero attached hydrogens (tertiary/aromatic N) is 5. The van der Waals surface area contributed by atoms with Gasteiger partial charge in [-0.05, 0) is 43.2 Å². The molecule has 0 aromatic heterocycles. The van der Waals surface area contributed by atoms with Crippen molar-refractivity contribution >= 4 is 23.6 Å². The lowest BCUT2D eigenvalue weighted by Crippen LogP contribution is -2.65. The summed E-state index contributed by atoms with van der Waals surface area (Å²) in [7, 11) is 1.73. The van der Waals surface area contributed by atoms with E-state index in [1.807, 2.05) is 66.4 Å². The number of hydrogen-bond donors (Lipinski definition) is 0. The molecule has 2 unspecified atom stereocenters. The van der Waals surface area contributed by atoms with Gasteiger partial charge in [-0.2, -0.15) is 0 Å². The molecule has 2 atom stereocenters. The summed E-state index contributed by atoms with van der Waals surface area (Å²) < 4.78 is 5.54. The molecule has 3 aliphatic heterocycles. The standard InChI is InChI=1S/C24H27N5O3/c1-3-32-19-11-9-18(10-12-19)27-15-16-28-20-21(25-23(27)28)26(2)24(31)29(22(20)30)14-13-17-7-5-4-6-8-17/h4-12,20-21H,3,13-16H2,1-2H3. The molecule has 3 amide bonds. The van der Waals surface area contributed by atoms with Crippen LogP contribution in [0.5, 0.6) is 5.75 Å². The maximum Gasteiger partial charge on any atom is 0.328 e. The smallest absolute Gasteiger partial charge is 0.328 e. The highest BCUT2D eigenvalue weighted by atomic mass is 16.5. The van der Waals surface area contributed by atoms with Crippen molar-refractivity contribution in [1.82, 2.24) is 14.7 Å². The Balaban J connectivity index is 1.35. The monoisotopic (exact) mass is 433 g/mol. The average molecular weight is 434 g/mol. The summed E-state index contributed by atoms with van der Waals surface area (Å²) in [5.74, 6) is 1.41. The van der Waals surface area contributed by atoms with Gasteiger partial charge < -0.3 is 19.4 Å². The average Bonchev–Trinajstić information content (AvgIpc) is 3.39. The van der Waals surface area contributed by atoms with Gasteiger partial charge in [-0.15, -0.1) is 0 Å². The molecule has 8 nitrogen and oxygen atoms in total. The Bertz CT molecular complexity index is 1040. The summed E-state index contributed by atoms with van der Waals surface area (Å²) in [6, 6.07) is 17.0. The minimum Gasteiger partial charge on any atom is -0.494 e. The van der Waals surface area contributed by atoms with Crippen LogP contribution in [0.15, 0.2) is 59.6 Å². The Morgan fingerprint density at radius 3 is 2.50 bits per heavy atom. The number of benzene rings is 2. The summed E-state index contributed by atoms with van der Waals surface area (Å²) in [4.78, 5) is 38.3. The largest absolute Gasteiger partial charge is 0.494 e. The lowest BCUT2D eigenvalue weighted by atomic mass is 10.1. The van der Waals surface area contributed by atoms with Gasteiger partial charge in [-0.3, -0.25) is 9.69 Å². The summed E-state index contributed by atoms with van der Waals surface area (Å²) in [5.41, 5.74) is 2.10. The molecule has 0 bridgehead atoms. The molecule has 32 heavy (non-hydrogen) atoms. The van der Waals surface area contributed by atoms with Crippen molar-refractivity contribution in [2.75, 3.05) is 38.2 Å². The van der Waals surface area contributed by atoms with E-state index in [4.69, 9.17) is 9.73 Å². The van der Waals surface area contributed by atoms with Crippen LogP contribution in [0.2, 0.25) is 0 Å². The second-order valence-corrected chi connectivity index (χ2v) is 8.18. The second kappa shape index (κ2) is 8.18. The minimum atomic E-state index is -0.497. The molecule has 0 aliphatic carbocycles. The van der Waals surface area contributed by atoms with Crippen LogP contribution in [0.1, 0.15) is 12.5 Å². The van der Waals surface area contributed by atoms with Crippen molar-refractivity contribution in [2.45, 2.75) is 25.6 Å². The normalized spacial score (nSPS) is 22.2. The lowest BCUT2D eigenvalue weighted by Gasteiger charge is -2.40. The highest BCUT2D eigenvalue weighted by Gasteiger charge is 2.54. The van der Waals surface area contributed by atoms with Gasteiger partial charge in [0, 0.05) is 32.4 Å². The zero-order valence-electron chi connectivity index (χ0n) is 18.3. The van der Waals surface area contributed by atoms with Crippen LogP contribution < -0.4 is 9.64 Å². The number of likely N-dealkylation sites (N-methyl/N-ethyl adjacent to an activating group) is 1. The first-order valence-corrected chi connectivity index (χ1v) is 11.1. The Labute approximate surface area is 187 Å². The van der Waals surface area contributed by atoms with Crippen LogP contribution in [0.4, 0.5) is 10.5 Å². The first kappa shape index (κ1) is 20.4. The van der Waals surface area contributed by atoms with Crippen molar-refractivity contribution in [3.05, 3.63) is 60.2 Å². The molecule has 8 heteroatoms. The molecule has 166 valence electrons. The number of carbonyl (C=O) groups excluding carboxylic acids is 2. The SMILES string of the molecule is CCOc1ccc(N2CCN3C2=NC2C3C(=O)N(CCc3ccccc3)C(=O)N2C)cc1. The Morgan fingerprint density at radius 2 is 1.78 bits per heavy atom.